The van der Waals surface area contributed by atoms with Gasteiger partial charge in [0, 0.05) is 18.2 Å². The third-order valence-electron chi connectivity index (χ3n) is 4.83. The highest BCUT2D eigenvalue weighted by molar-refractivity contribution is 6.12. The highest BCUT2D eigenvalue weighted by Gasteiger charge is 2.22. The number of ether oxygens (including phenoxy) is 1. The molecule has 3 N–H and O–H groups in total. The Labute approximate surface area is 192 Å². The standard InChI is InChI=1S/C25H29NO7/c1-4-12-32-19-10-7-9-18(14-19)13-17(3)23(28)22-20(27)15-21(33-24(22)29)16(2)8-5-6-11-26-25(30)31/h6-7,9-11,13-16,26-27H,4-5,8,12H2,1-3H3,(H,30,31)/b11-6?,17-13+. The normalized spacial score (nSPS) is 12.5. The number of nitrogens with one attached hydrogen (secondary N) is 1. The molecule has 0 aliphatic heterocycles. The minimum absolute atomic E-state index is 0.232. The molecule has 1 aromatic heterocycles. The molecule has 0 aliphatic rings. The van der Waals surface area contributed by atoms with Crippen LogP contribution in [-0.4, -0.2) is 28.7 Å². The molecule has 0 fully saturated rings. The monoisotopic (exact) mass is 455 g/mol. The van der Waals surface area contributed by atoms with E-state index in [0.29, 0.717) is 25.2 Å². The van der Waals surface area contributed by atoms with Crippen molar-refractivity contribution in [2.75, 3.05) is 6.61 Å². The third kappa shape index (κ3) is 7.68. The highest BCUT2D eigenvalue weighted by atomic mass is 16.5. The maximum absolute atomic E-state index is 12.8. The van der Waals surface area contributed by atoms with E-state index in [1.165, 1.54) is 12.3 Å². The quantitative estimate of drug-likeness (QED) is 0.318. The van der Waals surface area contributed by atoms with Gasteiger partial charge in [0.05, 0.1) is 6.61 Å². The van der Waals surface area contributed by atoms with Crippen LogP contribution in [0.25, 0.3) is 6.08 Å². The summed E-state index contributed by atoms with van der Waals surface area (Å²) in [6.45, 7) is 5.96. The van der Waals surface area contributed by atoms with Gasteiger partial charge in [-0.05, 0) is 55.5 Å². The van der Waals surface area contributed by atoms with Crippen LogP contribution in [-0.2, 0) is 0 Å². The molecule has 2 aromatic rings. The summed E-state index contributed by atoms with van der Waals surface area (Å²) in [6.07, 6.45) is 5.35. The minimum Gasteiger partial charge on any atom is -0.507 e. The van der Waals surface area contributed by atoms with Crippen molar-refractivity contribution in [3.63, 3.8) is 0 Å². The Balaban J connectivity index is 2.16. The number of rotatable bonds is 11. The fourth-order valence-corrected chi connectivity index (χ4v) is 3.08. The Morgan fingerprint density at radius 3 is 2.70 bits per heavy atom. The van der Waals surface area contributed by atoms with E-state index >= 15 is 0 Å². The summed E-state index contributed by atoms with van der Waals surface area (Å²) in [4.78, 5) is 35.8. The van der Waals surface area contributed by atoms with Gasteiger partial charge in [0.15, 0.2) is 5.78 Å². The summed E-state index contributed by atoms with van der Waals surface area (Å²) in [5.74, 6) is -0.363. The molecule has 1 aromatic carbocycles. The first kappa shape index (κ1) is 25.5. The van der Waals surface area contributed by atoms with Gasteiger partial charge < -0.3 is 19.4 Å². The summed E-state index contributed by atoms with van der Waals surface area (Å²) < 4.78 is 10.9. The molecule has 8 heteroatoms. The third-order valence-corrected chi connectivity index (χ3v) is 4.83. The Kier molecular flexibility index (Phi) is 9.47. The van der Waals surface area contributed by atoms with Crippen LogP contribution in [0.4, 0.5) is 4.79 Å². The molecule has 1 unspecified atom stereocenters. The van der Waals surface area contributed by atoms with Gasteiger partial charge in [-0.1, -0.05) is 32.1 Å². The number of amides is 1. The summed E-state index contributed by atoms with van der Waals surface area (Å²) in [5.41, 5.74) is -0.322. The number of benzene rings is 1. The largest absolute Gasteiger partial charge is 0.507 e. The van der Waals surface area contributed by atoms with Gasteiger partial charge in [0.25, 0.3) is 0 Å². The second kappa shape index (κ2) is 12.3. The molecule has 176 valence electrons. The zero-order valence-electron chi connectivity index (χ0n) is 19.0. The van der Waals surface area contributed by atoms with Crippen LogP contribution in [0, 0.1) is 0 Å². The molecule has 0 saturated heterocycles. The van der Waals surface area contributed by atoms with E-state index in [1.807, 2.05) is 25.1 Å². The number of ketones is 1. The van der Waals surface area contributed by atoms with Crippen molar-refractivity contribution >= 4 is 18.0 Å². The molecular formula is C25H29NO7. The predicted molar refractivity (Wildman–Crippen MR) is 125 cm³/mol. The Morgan fingerprint density at radius 1 is 1.27 bits per heavy atom. The topological polar surface area (TPSA) is 126 Å². The van der Waals surface area contributed by atoms with Crippen LogP contribution < -0.4 is 15.7 Å². The molecule has 2 rings (SSSR count). The lowest BCUT2D eigenvalue weighted by molar-refractivity contribution is 0.102. The molecule has 33 heavy (non-hydrogen) atoms. The van der Waals surface area contributed by atoms with Crippen molar-refractivity contribution < 1.29 is 29.0 Å². The molecular weight excluding hydrogens is 426 g/mol. The molecule has 1 heterocycles. The van der Waals surface area contributed by atoms with Crippen molar-refractivity contribution in [3.8, 4) is 11.5 Å². The van der Waals surface area contributed by atoms with E-state index in [4.69, 9.17) is 14.3 Å². The van der Waals surface area contributed by atoms with Gasteiger partial charge in [0.1, 0.15) is 22.8 Å². The summed E-state index contributed by atoms with van der Waals surface area (Å²) in [5, 5.41) is 21.0. The molecule has 0 spiro atoms. The molecule has 0 bridgehead atoms. The smallest absolute Gasteiger partial charge is 0.408 e. The Morgan fingerprint density at radius 2 is 2.03 bits per heavy atom. The number of carboxylic acid groups (broad SMARTS) is 1. The summed E-state index contributed by atoms with van der Waals surface area (Å²) in [6, 6.07) is 8.51. The second-order valence-electron chi connectivity index (χ2n) is 7.60. The number of hydrogen-bond acceptors (Lipinski definition) is 6. The molecule has 0 saturated carbocycles. The molecule has 0 radical (unpaired) electrons. The molecule has 0 aliphatic carbocycles. The van der Waals surface area contributed by atoms with Gasteiger partial charge >= 0.3 is 11.7 Å². The SMILES string of the molecule is CCCOc1cccc(/C=C(\C)C(=O)c2c(O)cc(C(C)CCC=CNC(=O)O)oc2=O)c1. The van der Waals surface area contributed by atoms with E-state index in [9.17, 15) is 19.5 Å². The zero-order valence-corrected chi connectivity index (χ0v) is 19.0. The average molecular weight is 456 g/mol. The van der Waals surface area contributed by atoms with Crippen molar-refractivity contribution in [1.82, 2.24) is 5.32 Å². The maximum atomic E-state index is 12.8. The average Bonchev–Trinajstić information content (AvgIpc) is 2.76. The van der Waals surface area contributed by atoms with E-state index < -0.39 is 28.8 Å². The predicted octanol–water partition coefficient (Wildman–Crippen LogP) is 5.09. The highest BCUT2D eigenvalue weighted by Crippen LogP contribution is 2.26. The fraction of sp³-hybridized carbons (Fsp3) is 0.320. The number of Topliss-reactive ketones (excluding diaryl/α,β-unsaturated/α-hetero) is 1. The van der Waals surface area contributed by atoms with Crippen LogP contribution in [0.3, 0.4) is 0 Å². The number of carbonyl (C=O) groups excluding carboxylic acids is 1. The molecule has 1 amide bonds. The number of allylic oxidation sites excluding steroid dienone is 2. The first-order valence-corrected chi connectivity index (χ1v) is 10.7. The van der Waals surface area contributed by atoms with Crippen LogP contribution in [0.1, 0.15) is 67.6 Å². The van der Waals surface area contributed by atoms with Gasteiger partial charge in [-0.15, -0.1) is 0 Å². The Hall–Kier alpha value is -3.81. The van der Waals surface area contributed by atoms with Gasteiger partial charge in [-0.25, -0.2) is 9.59 Å². The van der Waals surface area contributed by atoms with Gasteiger partial charge in [0.2, 0.25) is 0 Å². The lowest BCUT2D eigenvalue weighted by atomic mass is 9.99. The lowest BCUT2D eigenvalue weighted by Crippen LogP contribution is -2.16. The fourth-order valence-electron chi connectivity index (χ4n) is 3.08. The van der Waals surface area contributed by atoms with Crippen molar-refractivity contribution in [1.29, 1.82) is 0 Å². The lowest BCUT2D eigenvalue weighted by Gasteiger charge is -2.11. The second-order valence-corrected chi connectivity index (χ2v) is 7.60. The van der Waals surface area contributed by atoms with Gasteiger partial charge in [-0.2, -0.15) is 0 Å². The van der Waals surface area contributed by atoms with E-state index in [1.54, 1.807) is 32.1 Å². The first-order chi connectivity index (χ1) is 15.7. The van der Waals surface area contributed by atoms with Crippen LogP contribution in [0.5, 0.6) is 11.5 Å². The zero-order chi connectivity index (χ0) is 24.4. The molecule has 8 nitrogen and oxygen atoms in total. The molecule has 1 atom stereocenters. The Bertz CT molecular complexity index is 1100. The summed E-state index contributed by atoms with van der Waals surface area (Å²) >= 11 is 0. The first-order valence-electron chi connectivity index (χ1n) is 10.7. The van der Waals surface area contributed by atoms with Crippen molar-refractivity contribution in [3.05, 3.63) is 75.5 Å². The summed E-state index contributed by atoms with van der Waals surface area (Å²) in [7, 11) is 0. The number of aromatic hydroxyl groups is 1. The number of carbonyl (C=O) groups is 2. The maximum Gasteiger partial charge on any atom is 0.408 e. The van der Waals surface area contributed by atoms with Crippen LogP contribution >= 0.6 is 0 Å². The number of hydrogen-bond donors (Lipinski definition) is 3. The van der Waals surface area contributed by atoms with E-state index in [2.05, 4.69) is 5.32 Å². The van der Waals surface area contributed by atoms with Crippen molar-refractivity contribution in [2.24, 2.45) is 0 Å². The van der Waals surface area contributed by atoms with Gasteiger partial charge in [-0.3, -0.25) is 10.1 Å². The van der Waals surface area contributed by atoms with E-state index in [-0.39, 0.29) is 17.3 Å². The minimum atomic E-state index is -1.16. The van der Waals surface area contributed by atoms with Crippen molar-refractivity contribution in [2.45, 2.75) is 46.0 Å². The van der Waals surface area contributed by atoms with Crippen LogP contribution in [0.2, 0.25) is 0 Å². The van der Waals surface area contributed by atoms with Crippen LogP contribution in [0.15, 0.2) is 57.4 Å². The van der Waals surface area contributed by atoms with E-state index in [0.717, 1.165) is 12.0 Å².